The molecule has 0 aromatic heterocycles. The molecular formula is C13H21N3O2. The van der Waals surface area contributed by atoms with Crippen LogP contribution in [0.5, 0.6) is 0 Å². The lowest BCUT2D eigenvalue weighted by atomic mass is 10.0. The second kappa shape index (κ2) is 9.18. The van der Waals surface area contributed by atoms with Crippen molar-refractivity contribution in [3.8, 4) is 0 Å². The van der Waals surface area contributed by atoms with Crippen molar-refractivity contribution in [2.24, 2.45) is 5.73 Å². The Morgan fingerprint density at radius 1 is 1.44 bits per heavy atom. The van der Waals surface area contributed by atoms with E-state index in [4.69, 9.17) is 5.73 Å². The van der Waals surface area contributed by atoms with E-state index in [-0.39, 0.29) is 12.5 Å². The van der Waals surface area contributed by atoms with Gasteiger partial charge in [-0.25, -0.2) is 0 Å². The van der Waals surface area contributed by atoms with Gasteiger partial charge in [0, 0.05) is 0 Å². The van der Waals surface area contributed by atoms with Crippen molar-refractivity contribution in [1.82, 2.24) is 10.6 Å². The van der Waals surface area contributed by atoms with Gasteiger partial charge in [0.25, 0.3) is 0 Å². The minimum absolute atomic E-state index is 0.154. The first-order chi connectivity index (χ1) is 8.54. The van der Waals surface area contributed by atoms with Crippen molar-refractivity contribution >= 4 is 11.8 Å². The highest BCUT2D eigenvalue weighted by Gasteiger charge is 2.16. The van der Waals surface area contributed by atoms with Crippen LogP contribution in [0.25, 0.3) is 0 Å². The third-order valence-corrected chi connectivity index (χ3v) is 2.31. The number of amides is 2. The summed E-state index contributed by atoms with van der Waals surface area (Å²) in [5, 5.41) is 5.35. The lowest BCUT2D eigenvalue weighted by Gasteiger charge is -2.15. The summed E-state index contributed by atoms with van der Waals surface area (Å²) >= 11 is 0. The molecule has 5 nitrogen and oxygen atoms in total. The van der Waals surface area contributed by atoms with Crippen LogP contribution in [-0.2, 0) is 9.59 Å². The Morgan fingerprint density at radius 3 is 2.56 bits per heavy atom. The van der Waals surface area contributed by atoms with Crippen LogP contribution in [0.2, 0.25) is 0 Å². The standard InChI is InChI=1S/C13H21N3O2/c1-4-6-7-10(5-2)8-11(15-3)13(18)16-9-12(14)17/h4-7,11,15H,2,8-9H2,1,3H3,(H2,14,17)(H,16,18)/b6-4-,10-7+. The molecule has 100 valence electrons. The zero-order valence-electron chi connectivity index (χ0n) is 10.9. The average molecular weight is 251 g/mol. The molecule has 0 aromatic rings. The lowest BCUT2D eigenvalue weighted by molar-refractivity contribution is -0.126. The summed E-state index contributed by atoms with van der Waals surface area (Å²) in [7, 11) is 1.69. The average Bonchev–Trinajstić information content (AvgIpc) is 2.36. The van der Waals surface area contributed by atoms with Gasteiger partial charge in [0.05, 0.1) is 12.6 Å². The number of hydrogen-bond acceptors (Lipinski definition) is 3. The van der Waals surface area contributed by atoms with Crippen LogP contribution in [0.15, 0.2) is 36.5 Å². The number of rotatable bonds is 8. The first-order valence-corrected chi connectivity index (χ1v) is 5.72. The Kier molecular flexibility index (Phi) is 8.22. The number of primary amides is 1. The summed E-state index contributed by atoms with van der Waals surface area (Å²) in [5.74, 6) is -0.823. The molecule has 0 fully saturated rings. The van der Waals surface area contributed by atoms with E-state index < -0.39 is 11.9 Å². The van der Waals surface area contributed by atoms with Crippen LogP contribution in [0, 0.1) is 0 Å². The minimum atomic E-state index is -0.563. The van der Waals surface area contributed by atoms with Crippen LogP contribution < -0.4 is 16.4 Å². The Morgan fingerprint density at radius 2 is 2.11 bits per heavy atom. The number of nitrogens with two attached hydrogens (primary N) is 1. The van der Waals surface area contributed by atoms with Crippen molar-refractivity contribution in [3.05, 3.63) is 36.5 Å². The number of carbonyl (C=O) groups is 2. The van der Waals surface area contributed by atoms with Crippen molar-refractivity contribution in [2.45, 2.75) is 19.4 Å². The molecule has 0 aliphatic heterocycles. The lowest BCUT2D eigenvalue weighted by Crippen LogP contribution is -2.45. The third kappa shape index (κ3) is 6.65. The van der Waals surface area contributed by atoms with Gasteiger partial charge in [-0.1, -0.05) is 30.9 Å². The van der Waals surface area contributed by atoms with Gasteiger partial charge in [0.2, 0.25) is 11.8 Å². The second-order valence-electron chi connectivity index (χ2n) is 3.70. The van der Waals surface area contributed by atoms with E-state index >= 15 is 0 Å². The van der Waals surface area contributed by atoms with Crippen LogP contribution >= 0.6 is 0 Å². The first kappa shape index (κ1) is 16.1. The molecule has 18 heavy (non-hydrogen) atoms. The van der Waals surface area contributed by atoms with Gasteiger partial charge in [-0.3, -0.25) is 9.59 Å². The molecule has 1 unspecified atom stereocenters. The fourth-order valence-electron chi connectivity index (χ4n) is 1.30. The highest BCUT2D eigenvalue weighted by atomic mass is 16.2. The highest BCUT2D eigenvalue weighted by molar-refractivity contribution is 5.87. The molecule has 5 heteroatoms. The molecule has 0 aromatic carbocycles. The molecular weight excluding hydrogens is 230 g/mol. The maximum absolute atomic E-state index is 11.7. The van der Waals surface area contributed by atoms with E-state index in [0.717, 1.165) is 5.57 Å². The van der Waals surface area contributed by atoms with E-state index in [1.807, 2.05) is 25.2 Å². The quantitative estimate of drug-likeness (QED) is 0.541. The maximum atomic E-state index is 11.7. The van der Waals surface area contributed by atoms with Crippen molar-refractivity contribution < 1.29 is 9.59 Å². The zero-order chi connectivity index (χ0) is 14.0. The number of hydrogen-bond donors (Lipinski definition) is 3. The molecule has 0 aliphatic carbocycles. The highest BCUT2D eigenvalue weighted by Crippen LogP contribution is 2.07. The summed E-state index contributed by atoms with van der Waals surface area (Å²) in [6.07, 6.45) is 7.86. The summed E-state index contributed by atoms with van der Waals surface area (Å²) < 4.78 is 0. The Bertz CT molecular complexity index is 359. The van der Waals surface area contributed by atoms with Crippen LogP contribution in [0.4, 0.5) is 0 Å². The molecule has 0 radical (unpaired) electrons. The van der Waals surface area contributed by atoms with Crippen molar-refractivity contribution in [2.75, 3.05) is 13.6 Å². The summed E-state index contributed by atoms with van der Waals surface area (Å²) in [6.45, 7) is 5.45. The Labute approximate surface area is 108 Å². The number of likely N-dealkylation sites (N-methyl/N-ethyl adjacent to an activating group) is 1. The zero-order valence-corrected chi connectivity index (χ0v) is 10.9. The predicted octanol–water partition coefficient (Wildman–Crippen LogP) is 0.255. The van der Waals surface area contributed by atoms with Gasteiger partial charge >= 0.3 is 0 Å². The molecule has 2 amide bonds. The monoisotopic (exact) mass is 251 g/mol. The number of nitrogens with one attached hydrogen (secondary N) is 2. The van der Waals surface area contributed by atoms with Crippen LogP contribution in [-0.4, -0.2) is 31.4 Å². The van der Waals surface area contributed by atoms with Crippen LogP contribution in [0.1, 0.15) is 13.3 Å². The van der Waals surface area contributed by atoms with Gasteiger partial charge in [-0.15, -0.1) is 0 Å². The summed E-state index contributed by atoms with van der Waals surface area (Å²) in [6, 6.07) is -0.418. The van der Waals surface area contributed by atoms with Gasteiger partial charge in [-0.05, 0) is 26.0 Å². The second-order valence-corrected chi connectivity index (χ2v) is 3.70. The largest absolute Gasteiger partial charge is 0.368 e. The number of carbonyl (C=O) groups excluding carboxylic acids is 2. The van der Waals surface area contributed by atoms with Gasteiger partial charge in [-0.2, -0.15) is 0 Å². The smallest absolute Gasteiger partial charge is 0.237 e. The van der Waals surface area contributed by atoms with E-state index in [1.165, 1.54) is 0 Å². The molecule has 0 saturated heterocycles. The topological polar surface area (TPSA) is 84.2 Å². The minimum Gasteiger partial charge on any atom is -0.368 e. The molecule has 4 N–H and O–H groups in total. The molecule has 0 bridgehead atoms. The van der Waals surface area contributed by atoms with Gasteiger partial charge < -0.3 is 16.4 Å². The number of allylic oxidation sites excluding steroid dienone is 4. The normalized spacial score (nSPS) is 13.3. The van der Waals surface area contributed by atoms with E-state index in [2.05, 4.69) is 17.2 Å². The van der Waals surface area contributed by atoms with Crippen molar-refractivity contribution in [1.29, 1.82) is 0 Å². The van der Waals surface area contributed by atoms with Crippen molar-refractivity contribution in [3.63, 3.8) is 0 Å². The fraction of sp³-hybridized carbons (Fsp3) is 0.385. The maximum Gasteiger partial charge on any atom is 0.237 e. The molecule has 1 atom stereocenters. The third-order valence-electron chi connectivity index (χ3n) is 2.31. The molecule has 0 saturated carbocycles. The van der Waals surface area contributed by atoms with E-state index in [0.29, 0.717) is 6.42 Å². The van der Waals surface area contributed by atoms with Gasteiger partial charge in [0.15, 0.2) is 0 Å². The van der Waals surface area contributed by atoms with E-state index in [1.54, 1.807) is 13.1 Å². The first-order valence-electron chi connectivity index (χ1n) is 5.72. The molecule has 0 heterocycles. The SMILES string of the molecule is C=C/C(=C\C=C/C)CC(NC)C(=O)NCC(N)=O. The van der Waals surface area contributed by atoms with E-state index in [9.17, 15) is 9.59 Å². The summed E-state index contributed by atoms with van der Waals surface area (Å²) in [4.78, 5) is 22.3. The Hall–Kier alpha value is -1.88. The Balaban J connectivity index is 4.52. The predicted molar refractivity (Wildman–Crippen MR) is 72.8 cm³/mol. The van der Waals surface area contributed by atoms with Gasteiger partial charge in [0.1, 0.15) is 0 Å². The molecule has 0 aliphatic rings. The fourth-order valence-corrected chi connectivity index (χ4v) is 1.30. The molecule has 0 spiro atoms. The van der Waals surface area contributed by atoms with Crippen LogP contribution in [0.3, 0.4) is 0 Å². The molecule has 0 rings (SSSR count). The summed E-state index contributed by atoms with van der Waals surface area (Å²) in [5.41, 5.74) is 5.90.